The lowest BCUT2D eigenvalue weighted by molar-refractivity contribution is -0.126. The lowest BCUT2D eigenvalue weighted by atomic mass is 10.0. The summed E-state index contributed by atoms with van der Waals surface area (Å²) in [5.74, 6) is 0.0653. The second kappa shape index (κ2) is 6.35. The molecule has 21 heavy (non-hydrogen) atoms. The van der Waals surface area contributed by atoms with Gasteiger partial charge in [-0.1, -0.05) is 30.3 Å². The van der Waals surface area contributed by atoms with E-state index in [9.17, 15) is 4.79 Å². The van der Waals surface area contributed by atoms with Crippen LogP contribution in [0.2, 0.25) is 0 Å². The fourth-order valence-electron chi connectivity index (χ4n) is 2.64. The van der Waals surface area contributed by atoms with Crippen LogP contribution >= 0.6 is 0 Å². The van der Waals surface area contributed by atoms with Crippen molar-refractivity contribution in [2.24, 2.45) is 0 Å². The first-order chi connectivity index (χ1) is 10.3. The van der Waals surface area contributed by atoms with E-state index < -0.39 is 0 Å². The van der Waals surface area contributed by atoms with Gasteiger partial charge in [-0.05, 0) is 41.7 Å². The highest BCUT2D eigenvalue weighted by Crippen LogP contribution is 2.18. The molecule has 0 atom stereocenters. The number of aryl methyl sites for hydroxylation is 1. The van der Waals surface area contributed by atoms with Crippen LogP contribution < -0.4 is 0 Å². The van der Waals surface area contributed by atoms with Gasteiger partial charge >= 0.3 is 0 Å². The first kappa shape index (κ1) is 13.6. The Morgan fingerprint density at radius 2 is 2.00 bits per heavy atom. The Morgan fingerprint density at radius 3 is 2.81 bits per heavy atom. The van der Waals surface area contributed by atoms with E-state index in [1.54, 1.807) is 18.5 Å². The molecule has 0 bridgehead atoms. The molecule has 0 spiro atoms. The fourth-order valence-corrected chi connectivity index (χ4v) is 2.64. The molecule has 0 aliphatic carbocycles. The topological polar surface area (TPSA) is 33.2 Å². The highest BCUT2D eigenvalue weighted by atomic mass is 16.2. The number of carbonyl (C=O) groups excluding carboxylic acids is 1. The second-order valence-electron chi connectivity index (χ2n) is 5.25. The van der Waals surface area contributed by atoms with Crippen LogP contribution in [0.5, 0.6) is 0 Å². The van der Waals surface area contributed by atoms with Gasteiger partial charge in [0.2, 0.25) is 5.91 Å². The third-order valence-electron chi connectivity index (χ3n) is 3.77. The Balaban J connectivity index is 1.72. The Kier molecular flexibility index (Phi) is 4.10. The number of hydrogen-bond donors (Lipinski definition) is 0. The monoisotopic (exact) mass is 278 g/mol. The number of fused-ring (bicyclic) bond motifs is 1. The van der Waals surface area contributed by atoms with Gasteiger partial charge in [0.25, 0.3) is 0 Å². The molecule has 0 N–H and O–H groups in total. The summed E-state index contributed by atoms with van der Waals surface area (Å²) in [5, 5.41) is 0. The van der Waals surface area contributed by atoms with Gasteiger partial charge in [-0.15, -0.1) is 0 Å². The number of amides is 1. The minimum absolute atomic E-state index is 0.0653. The molecule has 1 aliphatic heterocycles. The number of nitrogens with zero attached hydrogens (tertiary/aromatic N) is 2. The van der Waals surface area contributed by atoms with Crippen LogP contribution in [0.1, 0.15) is 23.1 Å². The molecule has 1 aliphatic rings. The summed E-state index contributed by atoms with van der Waals surface area (Å²) >= 11 is 0. The van der Waals surface area contributed by atoms with E-state index in [0.717, 1.165) is 24.9 Å². The van der Waals surface area contributed by atoms with Gasteiger partial charge in [0.05, 0.1) is 0 Å². The van der Waals surface area contributed by atoms with Gasteiger partial charge in [0, 0.05) is 31.6 Å². The van der Waals surface area contributed by atoms with Crippen LogP contribution in [0.25, 0.3) is 6.08 Å². The first-order valence-corrected chi connectivity index (χ1v) is 7.27. The highest BCUT2D eigenvalue weighted by Gasteiger charge is 2.16. The van der Waals surface area contributed by atoms with Gasteiger partial charge in [-0.2, -0.15) is 0 Å². The predicted octanol–water partition coefficient (Wildman–Crippen LogP) is 3.07. The number of aromatic nitrogens is 1. The average Bonchev–Trinajstić information content (AvgIpc) is 2.76. The molecule has 0 fully saturated rings. The van der Waals surface area contributed by atoms with Crippen molar-refractivity contribution in [3.63, 3.8) is 0 Å². The summed E-state index contributed by atoms with van der Waals surface area (Å²) in [5.41, 5.74) is 3.57. The maximum atomic E-state index is 12.4. The molecular weight excluding hydrogens is 260 g/mol. The molecule has 3 heteroatoms. The van der Waals surface area contributed by atoms with Crippen molar-refractivity contribution < 1.29 is 4.79 Å². The van der Waals surface area contributed by atoms with Gasteiger partial charge < -0.3 is 4.90 Å². The number of benzene rings is 1. The summed E-state index contributed by atoms with van der Waals surface area (Å²) in [7, 11) is 0. The van der Waals surface area contributed by atoms with Crippen LogP contribution in [0.3, 0.4) is 0 Å². The van der Waals surface area contributed by atoms with Crippen LogP contribution in [-0.2, 0) is 17.8 Å². The number of carbonyl (C=O) groups is 1. The molecule has 2 heterocycles. The van der Waals surface area contributed by atoms with E-state index in [0.29, 0.717) is 6.54 Å². The SMILES string of the molecule is O=C(/C=C/c1cccnc1)N1CCCc2ccccc2C1. The molecule has 1 aromatic carbocycles. The number of rotatable bonds is 2. The van der Waals surface area contributed by atoms with E-state index in [4.69, 9.17) is 0 Å². The Morgan fingerprint density at radius 1 is 1.14 bits per heavy atom. The molecule has 0 saturated carbocycles. The third kappa shape index (κ3) is 3.37. The Labute approximate surface area is 124 Å². The molecule has 0 saturated heterocycles. The van der Waals surface area contributed by atoms with E-state index in [-0.39, 0.29) is 5.91 Å². The molecule has 0 radical (unpaired) electrons. The third-order valence-corrected chi connectivity index (χ3v) is 3.77. The molecular formula is C18H18N2O. The zero-order valence-electron chi connectivity index (χ0n) is 11.9. The van der Waals surface area contributed by atoms with E-state index in [1.165, 1.54) is 11.1 Å². The highest BCUT2D eigenvalue weighted by molar-refractivity contribution is 5.91. The van der Waals surface area contributed by atoms with Crippen molar-refractivity contribution in [2.45, 2.75) is 19.4 Å². The summed E-state index contributed by atoms with van der Waals surface area (Å²) < 4.78 is 0. The van der Waals surface area contributed by atoms with Crippen LogP contribution in [0.15, 0.2) is 54.9 Å². The normalized spacial score (nSPS) is 14.8. The van der Waals surface area contributed by atoms with Gasteiger partial charge in [-0.3, -0.25) is 9.78 Å². The van der Waals surface area contributed by atoms with Gasteiger partial charge in [0.1, 0.15) is 0 Å². The van der Waals surface area contributed by atoms with Gasteiger partial charge in [-0.25, -0.2) is 0 Å². The average molecular weight is 278 g/mol. The molecule has 106 valence electrons. The number of hydrogen-bond acceptors (Lipinski definition) is 2. The van der Waals surface area contributed by atoms with Crippen molar-refractivity contribution in [3.05, 3.63) is 71.6 Å². The summed E-state index contributed by atoms with van der Waals surface area (Å²) in [6.07, 6.45) is 9.01. The van der Waals surface area contributed by atoms with Crippen molar-refractivity contribution in [1.82, 2.24) is 9.88 Å². The van der Waals surface area contributed by atoms with Crippen molar-refractivity contribution in [3.8, 4) is 0 Å². The summed E-state index contributed by atoms with van der Waals surface area (Å²) in [6, 6.07) is 12.2. The fraction of sp³-hybridized carbons (Fsp3) is 0.222. The zero-order valence-corrected chi connectivity index (χ0v) is 11.9. The van der Waals surface area contributed by atoms with Crippen LogP contribution in [-0.4, -0.2) is 22.3 Å². The lowest BCUT2D eigenvalue weighted by Crippen LogP contribution is -2.28. The molecule has 3 rings (SSSR count). The van der Waals surface area contributed by atoms with E-state index in [2.05, 4.69) is 23.2 Å². The Bertz CT molecular complexity index is 649. The molecule has 3 nitrogen and oxygen atoms in total. The predicted molar refractivity (Wildman–Crippen MR) is 83.5 cm³/mol. The molecule has 2 aromatic rings. The lowest BCUT2D eigenvalue weighted by Gasteiger charge is -2.19. The first-order valence-electron chi connectivity index (χ1n) is 7.27. The largest absolute Gasteiger partial charge is 0.335 e. The minimum atomic E-state index is 0.0653. The minimum Gasteiger partial charge on any atom is -0.335 e. The van der Waals surface area contributed by atoms with Crippen LogP contribution in [0.4, 0.5) is 0 Å². The van der Waals surface area contributed by atoms with Crippen molar-refractivity contribution in [1.29, 1.82) is 0 Å². The standard InChI is InChI=1S/C18H18N2O/c21-18(10-9-15-5-3-11-19-13-15)20-12-4-8-16-6-1-2-7-17(16)14-20/h1-3,5-7,9-11,13H,4,8,12,14H2/b10-9+. The van der Waals surface area contributed by atoms with E-state index in [1.807, 2.05) is 29.2 Å². The van der Waals surface area contributed by atoms with E-state index >= 15 is 0 Å². The second-order valence-corrected chi connectivity index (χ2v) is 5.25. The quantitative estimate of drug-likeness (QED) is 0.791. The summed E-state index contributed by atoms with van der Waals surface area (Å²) in [6.45, 7) is 1.51. The molecule has 1 aromatic heterocycles. The Hall–Kier alpha value is -2.42. The molecule has 1 amide bonds. The van der Waals surface area contributed by atoms with Crippen LogP contribution in [0, 0.1) is 0 Å². The number of pyridine rings is 1. The van der Waals surface area contributed by atoms with Crippen molar-refractivity contribution >= 4 is 12.0 Å². The molecule has 0 unspecified atom stereocenters. The van der Waals surface area contributed by atoms with Crippen molar-refractivity contribution in [2.75, 3.05) is 6.54 Å². The smallest absolute Gasteiger partial charge is 0.246 e. The summed E-state index contributed by atoms with van der Waals surface area (Å²) in [4.78, 5) is 18.3. The zero-order chi connectivity index (χ0) is 14.5. The van der Waals surface area contributed by atoms with Gasteiger partial charge in [0.15, 0.2) is 0 Å². The maximum Gasteiger partial charge on any atom is 0.246 e. The maximum absolute atomic E-state index is 12.4.